The maximum atomic E-state index is 9.07. The van der Waals surface area contributed by atoms with Crippen LogP contribution in [0.5, 0.6) is 0 Å². The van der Waals surface area contributed by atoms with Crippen LogP contribution in [0.25, 0.3) is 5.82 Å². The van der Waals surface area contributed by atoms with E-state index < -0.39 is 0 Å². The van der Waals surface area contributed by atoms with Gasteiger partial charge in [-0.1, -0.05) is 11.6 Å². The highest BCUT2D eigenvalue weighted by Crippen LogP contribution is 2.23. The Bertz CT molecular complexity index is 622. The highest BCUT2D eigenvalue weighted by atomic mass is 35.5. The van der Waals surface area contributed by atoms with E-state index in [0.29, 0.717) is 16.4 Å². The molecule has 0 fully saturated rings. The average molecular weight is 247 g/mol. The summed E-state index contributed by atoms with van der Waals surface area (Å²) in [6.45, 7) is 5.55. The fraction of sp³-hybridized carbons (Fsp3) is 0.250. The first kappa shape index (κ1) is 11.6. The minimum atomic E-state index is 0.484. The molecule has 17 heavy (non-hydrogen) atoms. The highest BCUT2D eigenvalue weighted by Gasteiger charge is 2.14. The van der Waals surface area contributed by atoms with E-state index >= 15 is 0 Å². The lowest BCUT2D eigenvalue weighted by Gasteiger charge is -2.06. The van der Waals surface area contributed by atoms with Crippen LogP contribution in [-0.4, -0.2) is 14.8 Å². The first-order chi connectivity index (χ1) is 8.04. The van der Waals surface area contributed by atoms with Gasteiger partial charge in [0, 0.05) is 5.69 Å². The van der Waals surface area contributed by atoms with Crippen LogP contribution < -0.4 is 0 Å². The second-order valence-electron chi connectivity index (χ2n) is 3.83. The molecule has 2 heterocycles. The van der Waals surface area contributed by atoms with Crippen molar-refractivity contribution in [1.29, 1.82) is 5.26 Å². The van der Waals surface area contributed by atoms with E-state index in [1.54, 1.807) is 16.8 Å². The number of aromatic nitrogens is 3. The summed E-state index contributed by atoms with van der Waals surface area (Å²) in [5.74, 6) is 0.528. The highest BCUT2D eigenvalue weighted by molar-refractivity contribution is 6.31. The lowest BCUT2D eigenvalue weighted by molar-refractivity contribution is 0.798. The van der Waals surface area contributed by atoms with Crippen LogP contribution >= 0.6 is 11.6 Å². The van der Waals surface area contributed by atoms with Crippen molar-refractivity contribution in [2.75, 3.05) is 0 Å². The average Bonchev–Trinajstić information content (AvgIpc) is 2.57. The molecule has 2 rings (SSSR count). The maximum Gasteiger partial charge on any atom is 0.171 e. The number of aryl methyl sites for hydroxylation is 2. The summed E-state index contributed by atoms with van der Waals surface area (Å²) in [6.07, 6.45) is 0. The van der Waals surface area contributed by atoms with Crippen molar-refractivity contribution in [2.45, 2.75) is 20.8 Å². The summed E-state index contributed by atoms with van der Waals surface area (Å²) < 4.78 is 1.61. The van der Waals surface area contributed by atoms with Gasteiger partial charge in [-0.3, -0.25) is 0 Å². The van der Waals surface area contributed by atoms with Gasteiger partial charge in [-0.05, 0) is 32.9 Å². The summed E-state index contributed by atoms with van der Waals surface area (Å²) in [5, 5.41) is 14.0. The van der Waals surface area contributed by atoms with E-state index in [4.69, 9.17) is 16.9 Å². The van der Waals surface area contributed by atoms with Gasteiger partial charge in [-0.25, -0.2) is 9.67 Å². The molecule has 5 heteroatoms. The molecule has 0 saturated carbocycles. The standard InChI is InChI=1S/C12H11ClN4/c1-7-4-5-10(6-14)12(15-7)17-9(3)11(13)8(2)16-17/h4-5H,1-3H3. The third-order valence-electron chi connectivity index (χ3n) is 2.54. The first-order valence-corrected chi connectivity index (χ1v) is 5.52. The van der Waals surface area contributed by atoms with Crippen molar-refractivity contribution >= 4 is 11.6 Å². The largest absolute Gasteiger partial charge is 0.233 e. The topological polar surface area (TPSA) is 54.5 Å². The maximum absolute atomic E-state index is 9.07. The summed E-state index contributed by atoms with van der Waals surface area (Å²) in [6, 6.07) is 5.65. The van der Waals surface area contributed by atoms with Gasteiger partial charge in [0.05, 0.1) is 22.0 Å². The second-order valence-corrected chi connectivity index (χ2v) is 4.21. The van der Waals surface area contributed by atoms with Crippen LogP contribution in [-0.2, 0) is 0 Å². The fourth-order valence-electron chi connectivity index (χ4n) is 1.62. The van der Waals surface area contributed by atoms with E-state index in [9.17, 15) is 0 Å². The quantitative estimate of drug-likeness (QED) is 0.777. The van der Waals surface area contributed by atoms with Crippen LogP contribution in [0.2, 0.25) is 5.02 Å². The smallest absolute Gasteiger partial charge is 0.171 e. The third kappa shape index (κ3) is 1.90. The summed E-state index contributed by atoms with van der Waals surface area (Å²) >= 11 is 6.09. The van der Waals surface area contributed by atoms with Gasteiger partial charge >= 0.3 is 0 Å². The zero-order valence-electron chi connectivity index (χ0n) is 9.82. The molecular weight excluding hydrogens is 236 g/mol. The Morgan fingerprint density at radius 1 is 1.29 bits per heavy atom. The zero-order chi connectivity index (χ0) is 12.6. The number of hydrogen-bond donors (Lipinski definition) is 0. The first-order valence-electron chi connectivity index (χ1n) is 5.14. The molecular formula is C12H11ClN4. The SMILES string of the molecule is Cc1ccc(C#N)c(-n2nc(C)c(Cl)c2C)n1. The molecule has 0 saturated heterocycles. The van der Waals surface area contributed by atoms with Gasteiger partial charge in [0.1, 0.15) is 6.07 Å². The molecule has 86 valence electrons. The lowest BCUT2D eigenvalue weighted by atomic mass is 10.2. The van der Waals surface area contributed by atoms with E-state index in [1.165, 1.54) is 0 Å². The van der Waals surface area contributed by atoms with Gasteiger partial charge in [-0.15, -0.1) is 0 Å². The Kier molecular flexibility index (Phi) is 2.86. The van der Waals surface area contributed by atoms with E-state index in [1.807, 2.05) is 20.8 Å². The minimum Gasteiger partial charge on any atom is -0.233 e. The minimum absolute atomic E-state index is 0.484. The number of pyridine rings is 1. The van der Waals surface area contributed by atoms with Gasteiger partial charge in [0.15, 0.2) is 5.82 Å². The lowest BCUT2D eigenvalue weighted by Crippen LogP contribution is -2.05. The summed E-state index contributed by atoms with van der Waals surface area (Å²) in [4.78, 5) is 4.35. The number of halogens is 1. The van der Waals surface area contributed by atoms with Crippen LogP contribution in [0.15, 0.2) is 12.1 Å². The van der Waals surface area contributed by atoms with Gasteiger partial charge in [0.25, 0.3) is 0 Å². The molecule has 2 aromatic rings. The predicted octanol–water partition coefficient (Wildman–Crippen LogP) is 2.72. The number of nitrogens with zero attached hydrogens (tertiary/aromatic N) is 4. The van der Waals surface area contributed by atoms with E-state index in [0.717, 1.165) is 17.1 Å². The van der Waals surface area contributed by atoms with Crippen molar-refractivity contribution in [3.8, 4) is 11.9 Å². The normalized spacial score (nSPS) is 10.3. The van der Waals surface area contributed by atoms with E-state index in [-0.39, 0.29) is 0 Å². The summed E-state index contributed by atoms with van der Waals surface area (Å²) in [5.41, 5.74) is 2.84. The fourth-order valence-corrected chi connectivity index (χ4v) is 1.74. The van der Waals surface area contributed by atoms with Crippen LogP contribution in [0.4, 0.5) is 0 Å². The van der Waals surface area contributed by atoms with Gasteiger partial charge in [0.2, 0.25) is 0 Å². The summed E-state index contributed by atoms with van der Waals surface area (Å²) in [7, 11) is 0. The van der Waals surface area contributed by atoms with E-state index in [2.05, 4.69) is 16.2 Å². The van der Waals surface area contributed by atoms with Crippen molar-refractivity contribution in [3.05, 3.63) is 39.8 Å². The van der Waals surface area contributed by atoms with Crippen molar-refractivity contribution < 1.29 is 0 Å². The van der Waals surface area contributed by atoms with Crippen molar-refractivity contribution in [1.82, 2.24) is 14.8 Å². The number of rotatable bonds is 1. The molecule has 0 aromatic carbocycles. The zero-order valence-corrected chi connectivity index (χ0v) is 10.6. The second kappa shape index (κ2) is 4.19. The van der Waals surface area contributed by atoms with Crippen LogP contribution in [0.3, 0.4) is 0 Å². The molecule has 0 amide bonds. The molecule has 0 bridgehead atoms. The van der Waals surface area contributed by atoms with Gasteiger partial charge < -0.3 is 0 Å². The number of nitriles is 1. The molecule has 0 aliphatic rings. The molecule has 0 spiro atoms. The number of hydrogen-bond acceptors (Lipinski definition) is 3. The third-order valence-corrected chi connectivity index (χ3v) is 3.09. The molecule has 4 nitrogen and oxygen atoms in total. The molecule has 0 N–H and O–H groups in total. The van der Waals surface area contributed by atoms with Crippen LogP contribution in [0.1, 0.15) is 22.6 Å². The Morgan fingerprint density at radius 2 is 2.00 bits per heavy atom. The molecule has 2 aromatic heterocycles. The molecule has 0 aliphatic carbocycles. The molecule has 0 radical (unpaired) electrons. The predicted molar refractivity (Wildman–Crippen MR) is 65.3 cm³/mol. The molecule has 0 unspecified atom stereocenters. The Labute approximate surface area is 104 Å². The monoisotopic (exact) mass is 246 g/mol. The van der Waals surface area contributed by atoms with Crippen LogP contribution in [0, 0.1) is 32.1 Å². The Morgan fingerprint density at radius 3 is 2.53 bits per heavy atom. The molecule has 0 aliphatic heterocycles. The van der Waals surface area contributed by atoms with Crippen molar-refractivity contribution in [3.63, 3.8) is 0 Å². The Balaban J connectivity index is 2.72. The van der Waals surface area contributed by atoms with Crippen molar-refractivity contribution in [2.24, 2.45) is 0 Å². The Hall–Kier alpha value is -1.86. The van der Waals surface area contributed by atoms with Gasteiger partial charge in [-0.2, -0.15) is 10.4 Å². The molecule has 0 atom stereocenters.